The first-order valence-corrected chi connectivity index (χ1v) is 5.73. The summed E-state index contributed by atoms with van der Waals surface area (Å²) in [5.41, 5.74) is 0. The van der Waals surface area contributed by atoms with Crippen LogP contribution in [-0.4, -0.2) is 37.9 Å². The Kier molecular flexibility index (Phi) is 6.15. The van der Waals surface area contributed by atoms with Gasteiger partial charge < -0.3 is 4.74 Å². The second-order valence-corrected chi connectivity index (χ2v) is 4.04. The lowest BCUT2D eigenvalue weighted by molar-refractivity contribution is -0.0633. The molecule has 0 aromatic carbocycles. The second-order valence-electron chi connectivity index (χ2n) is 4.04. The van der Waals surface area contributed by atoms with Gasteiger partial charge in [0.2, 0.25) is 0 Å². The summed E-state index contributed by atoms with van der Waals surface area (Å²) in [5, 5.41) is 11.7. The predicted octanol–water partition coefficient (Wildman–Crippen LogP) is 2.05. The van der Waals surface area contributed by atoms with Gasteiger partial charge in [-0.25, -0.2) is 5.11 Å². The van der Waals surface area contributed by atoms with Gasteiger partial charge in [0.1, 0.15) is 6.23 Å². The van der Waals surface area contributed by atoms with Gasteiger partial charge in [0, 0.05) is 26.8 Å². The summed E-state index contributed by atoms with van der Waals surface area (Å²) in [6.07, 6.45) is 6.04. The minimum Gasteiger partial charge on any atom is -0.385 e. The molecule has 1 rings (SSSR count). The monoisotopic (exact) mass is 200 g/mol. The zero-order valence-corrected chi connectivity index (χ0v) is 9.21. The summed E-state index contributed by atoms with van der Waals surface area (Å²) in [6.45, 7) is 2.81. The van der Waals surface area contributed by atoms with Crippen molar-refractivity contribution in [2.24, 2.45) is 0 Å². The molecule has 0 aliphatic carbocycles. The van der Waals surface area contributed by atoms with Crippen molar-refractivity contribution in [2.75, 3.05) is 26.8 Å². The van der Waals surface area contributed by atoms with Crippen molar-refractivity contribution in [1.29, 1.82) is 0 Å². The van der Waals surface area contributed by atoms with Gasteiger partial charge in [0.15, 0.2) is 0 Å². The molecule has 1 aliphatic heterocycles. The molecule has 3 nitrogen and oxygen atoms in total. The molecule has 1 unspecified atom stereocenters. The van der Waals surface area contributed by atoms with E-state index in [1.165, 1.54) is 19.3 Å². The molecule has 0 aromatic rings. The lowest BCUT2D eigenvalue weighted by atomic mass is 10.1. The van der Waals surface area contributed by atoms with Crippen LogP contribution in [0.5, 0.6) is 0 Å². The van der Waals surface area contributed by atoms with E-state index in [0.29, 0.717) is 0 Å². The first kappa shape index (κ1) is 12.0. The fourth-order valence-corrected chi connectivity index (χ4v) is 1.95. The lowest BCUT2D eigenvalue weighted by Crippen LogP contribution is -2.38. The average molecular weight is 200 g/mol. The van der Waals surface area contributed by atoms with E-state index in [1.54, 1.807) is 7.11 Å². The molecule has 0 saturated carbocycles. The van der Waals surface area contributed by atoms with E-state index >= 15 is 0 Å². The highest BCUT2D eigenvalue weighted by molar-refractivity contribution is 4.67. The molecule has 1 fully saturated rings. The van der Waals surface area contributed by atoms with E-state index in [9.17, 15) is 5.11 Å². The smallest absolute Gasteiger partial charge is 0.146 e. The third-order valence-corrected chi connectivity index (χ3v) is 2.85. The summed E-state index contributed by atoms with van der Waals surface area (Å²) in [4.78, 5) is 2.09. The van der Waals surface area contributed by atoms with Gasteiger partial charge in [-0.1, -0.05) is 6.42 Å². The number of hydrogen-bond acceptors (Lipinski definition) is 2. The van der Waals surface area contributed by atoms with Gasteiger partial charge in [-0.2, -0.15) is 0 Å². The number of hydrogen-bond donors (Lipinski definition) is 0. The number of rotatable bonds is 6. The minimum absolute atomic E-state index is 0.466. The van der Waals surface area contributed by atoms with E-state index in [1.807, 2.05) is 0 Å². The average Bonchev–Trinajstić information content (AvgIpc) is 2.25. The topological polar surface area (TPSA) is 32.4 Å². The summed E-state index contributed by atoms with van der Waals surface area (Å²) in [5.74, 6) is 0. The first-order chi connectivity index (χ1) is 6.84. The Morgan fingerprint density at radius 1 is 1.21 bits per heavy atom. The number of ether oxygens (including phenoxy) is 1. The molecule has 0 N–H and O–H groups in total. The SMILES string of the molecule is COCCCCC([O])N1CCCCC1. The van der Waals surface area contributed by atoms with Crippen molar-refractivity contribution in [3.05, 3.63) is 0 Å². The number of nitrogens with zero attached hydrogens (tertiary/aromatic N) is 1. The third-order valence-electron chi connectivity index (χ3n) is 2.85. The van der Waals surface area contributed by atoms with Crippen LogP contribution < -0.4 is 0 Å². The van der Waals surface area contributed by atoms with Crippen LogP contribution in [0.1, 0.15) is 38.5 Å². The maximum Gasteiger partial charge on any atom is 0.146 e. The largest absolute Gasteiger partial charge is 0.385 e. The lowest BCUT2D eigenvalue weighted by Gasteiger charge is -2.29. The first-order valence-electron chi connectivity index (χ1n) is 5.73. The maximum atomic E-state index is 11.7. The Morgan fingerprint density at radius 3 is 2.57 bits per heavy atom. The van der Waals surface area contributed by atoms with Crippen molar-refractivity contribution >= 4 is 0 Å². The number of unbranched alkanes of at least 4 members (excludes halogenated alkanes) is 1. The van der Waals surface area contributed by atoms with Gasteiger partial charge in [-0.15, -0.1) is 0 Å². The molecule has 1 aliphatic rings. The molecule has 0 amide bonds. The van der Waals surface area contributed by atoms with E-state index < -0.39 is 6.23 Å². The molecule has 1 saturated heterocycles. The quantitative estimate of drug-likeness (QED) is 0.615. The molecule has 14 heavy (non-hydrogen) atoms. The Balaban J connectivity index is 2.04. The van der Waals surface area contributed by atoms with Gasteiger partial charge in [0.25, 0.3) is 0 Å². The van der Waals surface area contributed by atoms with Crippen LogP contribution in [0.25, 0.3) is 0 Å². The number of piperidine rings is 1. The van der Waals surface area contributed by atoms with Crippen LogP contribution in [0.4, 0.5) is 0 Å². The van der Waals surface area contributed by atoms with Crippen molar-refractivity contribution in [1.82, 2.24) is 4.90 Å². The Hall–Kier alpha value is -0.120. The van der Waals surface area contributed by atoms with Crippen molar-refractivity contribution in [2.45, 2.75) is 44.8 Å². The molecule has 0 bridgehead atoms. The molecule has 0 aromatic heterocycles. The van der Waals surface area contributed by atoms with Crippen molar-refractivity contribution in [3.8, 4) is 0 Å². The summed E-state index contributed by atoms with van der Waals surface area (Å²) in [7, 11) is 1.71. The van der Waals surface area contributed by atoms with Crippen LogP contribution in [0.3, 0.4) is 0 Å². The summed E-state index contributed by atoms with van der Waals surface area (Å²) < 4.78 is 4.95. The van der Waals surface area contributed by atoms with Gasteiger partial charge in [-0.05, 0) is 32.1 Å². The standard InChI is InChI=1S/C11H22NO2/c1-14-10-6-3-7-11(13)12-8-4-2-5-9-12/h11H,2-10H2,1H3. The van der Waals surface area contributed by atoms with Gasteiger partial charge >= 0.3 is 0 Å². The zero-order valence-electron chi connectivity index (χ0n) is 9.21. The Bertz CT molecular complexity index is 135. The highest BCUT2D eigenvalue weighted by Gasteiger charge is 2.18. The highest BCUT2D eigenvalue weighted by Crippen LogP contribution is 2.14. The van der Waals surface area contributed by atoms with Gasteiger partial charge in [-0.3, -0.25) is 4.90 Å². The molecule has 1 atom stereocenters. The molecule has 3 heteroatoms. The number of methoxy groups -OCH3 is 1. The fourth-order valence-electron chi connectivity index (χ4n) is 1.95. The van der Waals surface area contributed by atoms with Crippen LogP contribution >= 0.6 is 0 Å². The zero-order chi connectivity index (χ0) is 10.2. The second kappa shape index (κ2) is 7.21. The maximum absolute atomic E-state index is 11.7. The van der Waals surface area contributed by atoms with Crippen LogP contribution in [0.2, 0.25) is 0 Å². The summed E-state index contributed by atoms with van der Waals surface area (Å²) in [6, 6.07) is 0. The Labute approximate surface area is 87.1 Å². The third kappa shape index (κ3) is 4.40. The van der Waals surface area contributed by atoms with E-state index in [2.05, 4.69) is 4.90 Å². The fraction of sp³-hybridized carbons (Fsp3) is 1.00. The van der Waals surface area contributed by atoms with Crippen LogP contribution in [0, 0.1) is 0 Å². The molecule has 1 heterocycles. The normalized spacial score (nSPS) is 21.0. The summed E-state index contributed by atoms with van der Waals surface area (Å²) >= 11 is 0. The van der Waals surface area contributed by atoms with Gasteiger partial charge in [0.05, 0.1) is 0 Å². The van der Waals surface area contributed by atoms with Crippen LogP contribution in [0.15, 0.2) is 0 Å². The van der Waals surface area contributed by atoms with E-state index in [-0.39, 0.29) is 0 Å². The molecule has 1 radical (unpaired) electrons. The molecular formula is C11H22NO2. The molecule has 0 spiro atoms. The molecular weight excluding hydrogens is 178 g/mol. The predicted molar refractivity (Wildman–Crippen MR) is 55.6 cm³/mol. The van der Waals surface area contributed by atoms with E-state index in [4.69, 9.17) is 4.74 Å². The minimum atomic E-state index is -0.466. The van der Waals surface area contributed by atoms with E-state index in [0.717, 1.165) is 39.0 Å². The number of likely N-dealkylation sites (tertiary alicyclic amines) is 1. The Morgan fingerprint density at radius 2 is 1.93 bits per heavy atom. The van der Waals surface area contributed by atoms with Crippen LogP contribution in [-0.2, 0) is 9.84 Å². The molecule has 83 valence electrons. The van der Waals surface area contributed by atoms with Crippen molar-refractivity contribution in [3.63, 3.8) is 0 Å². The van der Waals surface area contributed by atoms with Crippen molar-refractivity contribution < 1.29 is 9.84 Å². The highest BCUT2D eigenvalue weighted by atomic mass is 16.5.